The van der Waals surface area contributed by atoms with Crippen LogP contribution in [0.15, 0.2) is 23.1 Å². The minimum atomic E-state index is -3.52. The maximum absolute atomic E-state index is 12.8. The first kappa shape index (κ1) is 21.2. The first-order chi connectivity index (χ1) is 11.8. The van der Waals surface area contributed by atoms with Crippen LogP contribution in [0, 0.1) is 0 Å². The molecule has 8 heteroatoms. The van der Waals surface area contributed by atoms with Crippen LogP contribution in [0.2, 0.25) is 0 Å². The van der Waals surface area contributed by atoms with Gasteiger partial charge >= 0.3 is 0 Å². The Morgan fingerprint density at radius 2 is 1.92 bits per heavy atom. The molecule has 0 saturated carbocycles. The van der Waals surface area contributed by atoms with Crippen molar-refractivity contribution in [1.29, 1.82) is 0 Å². The van der Waals surface area contributed by atoms with E-state index in [0.29, 0.717) is 30.4 Å². The molecule has 1 aromatic carbocycles. The predicted octanol–water partition coefficient (Wildman–Crippen LogP) is 1.47. The van der Waals surface area contributed by atoms with Crippen LogP contribution in [0.5, 0.6) is 0 Å². The largest absolute Gasteiger partial charge is 0.342 e. The second kappa shape index (κ2) is 8.69. The van der Waals surface area contributed by atoms with Crippen LogP contribution < -0.4 is 10.0 Å². The number of hydrogen-bond acceptors (Lipinski definition) is 4. The number of rotatable bonds is 3. The molecule has 26 heavy (non-hydrogen) atoms. The molecule has 2 heterocycles. The van der Waals surface area contributed by atoms with E-state index < -0.39 is 10.0 Å². The molecule has 0 spiro atoms. The Bertz CT molecular complexity index is 754. The van der Waals surface area contributed by atoms with E-state index in [1.807, 2.05) is 11.0 Å². The van der Waals surface area contributed by atoms with Crippen LogP contribution in [-0.2, 0) is 27.7 Å². The molecule has 0 aliphatic carbocycles. The van der Waals surface area contributed by atoms with Crippen LogP contribution in [0.25, 0.3) is 0 Å². The Labute approximate surface area is 162 Å². The molecular weight excluding hydrogens is 374 g/mol. The molecule has 2 atom stereocenters. The summed E-state index contributed by atoms with van der Waals surface area (Å²) in [7, 11) is -3.52. The average Bonchev–Trinajstić information content (AvgIpc) is 2.76. The Hall–Kier alpha value is -1.15. The molecule has 1 fully saturated rings. The third-order valence-electron chi connectivity index (χ3n) is 5.18. The SMILES string of the molecule is CC(=O)N1CCc2ccc(S(=O)(=O)NC3CCNC(C)C3)cc2CC1.Cl. The Balaban J connectivity index is 0.00000243. The molecule has 1 amide bonds. The molecule has 2 aliphatic heterocycles. The molecule has 0 radical (unpaired) electrons. The highest BCUT2D eigenvalue weighted by atomic mass is 35.5. The van der Waals surface area contributed by atoms with E-state index in [1.54, 1.807) is 19.1 Å². The summed E-state index contributed by atoms with van der Waals surface area (Å²) in [6.07, 6.45) is 3.08. The van der Waals surface area contributed by atoms with Crippen LogP contribution >= 0.6 is 12.4 Å². The molecular formula is C18H28ClN3O3S. The molecule has 3 rings (SSSR count). The normalized spacial score (nSPS) is 23.5. The van der Waals surface area contributed by atoms with Crippen molar-refractivity contribution in [3.63, 3.8) is 0 Å². The van der Waals surface area contributed by atoms with Crippen molar-refractivity contribution < 1.29 is 13.2 Å². The fourth-order valence-electron chi connectivity index (χ4n) is 3.71. The minimum Gasteiger partial charge on any atom is -0.342 e. The second-order valence-electron chi connectivity index (χ2n) is 7.13. The molecule has 1 aromatic rings. The van der Waals surface area contributed by atoms with Gasteiger partial charge in [-0.05, 0) is 62.4 Å². The molecule has 0 bridgehead atoms. The summed E-state index contributed by atoms with van der Waals surface area (Å²) >= 11 is 0. The van der Waals surface area contributed by atoms with Gasteiger partial charge in [-0.1, -0.05) is 6.07 Å². The van der Waals surface area contributed by atoms with Crippen LogP contribution in [0.1, 0.15) is 37.8 Å². The standard InChI is InChI=1S/C18H27N3O3S.ClH/c1-13-11-17(5-8-19-13)20-25(23,24)18-4-3-15-6-9-21(14(2)22)10-7-16(15)12-18;/h3-4,12-13,17,19-20H,5-11H2,1-2H3;1H. The van der Waals surface area contributed by atoms with Gasteiger partial charge in [0, 0.05) is 32.1 Å². The number of amides is 1. The highest BCUT2D eigenvalue weighted by Gasteiger charge is 2.25. The van der Waals surface area contributed by atoms with Gasteiger partial charge < -0.3 is 10.2 Å². The van der Waals surface area contributed by atoms with E-state index in [2.05, 4.69) is 17.0 Å². The van der Waals surface area contributed by atoms with Gasteiger partial charge in [-0.3, -0.25) is 4.79 Å². The first-order valence-corrected chi connectivity index (χ1v) is 10.5. The third kappa shape index (κ3) is 4.97. The number of hydrogen-bond donors (Lipinski definition) is 2. The van der Waals surface area contributed by atoms with Gasteiger partial charge in [0.1, 0.15) is 0 Å². The molecule has 2 N–H and O–H groups in total. The van der Waals surface area contributed by atoms with Crippen molar-refractivity contribution >= 4 is 28.3 Å². The lowest BCUT2D eigenvalue weighted by Crippen LogP contribution is -2.46. The number of nitrogens with zero attached hydrogens (tertiary/aromatic N) is 1. The molecule has 1 saturated heterocycles. The van der Waals surface area contributed by atoms with Gasteiger partial charge in [0.25, 0.3) is 0 Å². The van der Waals surface area contributed by atoms with Gasteiger partial charge in [-0.15, -0.1) is 12.4 Å². The zero-order chi connectivity index (χ0) is 18.0. The van der Waals surface area contributed by atoms with E-state index >= 15 is 0 Å². The molecule has 2 aliphatic rings. The lowest BCUT2D eigenvalue weighted by atomic mass is 10.0. The molecule has 2 unspecified atom stereocenters. The topological polar surface area (TPSA) is 78.5 Å². The summed E-state index contributed by atoms with van der Waals surface area (Å²) in [5.41, 5.74) is 2.17. The highest BCUT2D eigenvalue weighted by Crippen LogP contribution is 2.21. The molecule has 0 aromatic heterocycles. The van der Waals surface area contributed by atoms with Crippen LogP contribution in [0.3, 0.4) is 0 Å². The Morgan fingerprint density at radius 1 is 1.23 bits per heavy atom. The Morgan fingerprint density at radius 3 is 2.58 bits per heavy atom. The van der Waals surface area contributed by atoms with Crippen molar-refractivity contribution in [1.82, 2.24) is 14.9 Å². The first-order valence-electron chi connectivity index (χ1n) is 8.98. The number of carbonyl (C=O) groups excluding carboxylic acids is 1. The average molecular weight is 402 g/mol. The Kier molecular flexibility index (Phi) is 7.07. The van der Waals surface area contributed by atoms with Gasteiger partial charge in [-0.25, -0.2) is 13.1 Å². The summed E-state index contributed by atoms with van der Waals surface area (Å²) in [5, 5.41) is 3.33. The van der Waals surface area contributed by atoms with E-state index in [9.17, 15) is 13.2 Å². The maximum atomic E-state index is 12.8. The van der Waals surface area contributed by atoms with Crippen molar-refractivity contribution in [2.24, 2.45) is 0 Å². The lowest BCUT2D eigenvalue weighted by molar-refractivity contribution is -0.128. The van der Waals surface area contributed by atoms with Crippen molar-refractivity contribution in [2.45, 2.75) is 56.5 Å². The summed E-state index contributed by atoms with van der Waals surface area (Å²) in [4.78, 5) is 13.7. The summed E-state index contributed by atoms with van der Waals surface area (Å²) in [6, 6.07) is 5.68. The van der Waals surface area contributed by atoms with E-state index in [-0.39, 0.29) is 24.4 Å². The number of nitrogens with one attached hydrogen (secondary N) is 2. The van der Waals surface area contributed by atoms with Gasteiger partial charge in [0.2, 0.25) is 15.9 Å². The smallest absolute Gasteiger partial charge is 0.240 e. The van der Waals surface area contributed by atoms with E-state index in [1.165, 1.54) is 0 Å². The number of carbonyl (C=O) groups is 1. The number of fused-ring (bicyclic) bond motifs is 1. The minimum absolute atomic E-state index is 0. The van der Waals surface area contributed by atoms with E-state index in [0.717, 1.165) is 36.9 Å². The monoisotopic (exact) mass is 401 g/mol. The number of benzene rings is 1. The zero-order valence-corrected chi connectivity index (χ0v) is 17.0. The highest BCUT2D eigenvalue weighted by molar-refractivity contribution is 7.89. The second-order valence-corrected chi connectivity index (χ2v) is 8.85. The fraction of sp³-hybridized carbons (Fsp3) is 0.611. The quantitative estimate of drug-likeness (QED) is 0.804. The predicted molar refractivity (Wildman–Crippen MR) is 104 cm³/mol. The van der Waals surface area contributed by atoms with Crippen molar-refractivity contribution in [3.05, 3.63) is 29.3 Å². The lowest BCUT2D eigenvalue weighted by Gasteiger charge is -2.28. The van der Waals surface area contributed by atoms with Crippen molar-refractivity contribution in [3.8, 4) is 0 Å². The third-order valence-corrected chi connectivity index (χ3v) is 6.70. The van der Waals surface area contributed by atoms with Gasteiger partial charge in [0.05, 0.1) is 4.90 Å². The molecule has 146 valence electrons. The van der Waals surface area contributed by atoms with Gasteiger partial charge in [-0.2, -0.15) is 0 Å². The maximum Gasteiger partial charge on any atom is 0.240 e. The summed E-state index contributed by atoms with van der Waals surface area (Å²) in [5.74, 6) is 0.0716. The number of sulfonamides is 1. The zero-order valence-electron chi connectivity index (χ0n) is 15.3. The van der Waals surface area contributed by atoms with Crippen LogP contribution in [-0.4, -0.2) is 50.9 Å². The van der Waals surface area contributed by atoms with E-state index in [4.69, 9.17) is 0 Å². The fourth-order valence-corrected chi connectivity index (χ4v) is 5.04. The van der Waals surface area contributed by atoms with Gasteiger partial charge in [0.15, 0.2) is 0 Å². The number of piperidine rings is 1. The van der Waals surface area contributed by atoms with Crippen molar-refractivity contribution in [2.75, 3.05) is 19.6 Å². The number of halogens is 1. The molecule has 6 nitrogen and oxygen atoms in total. The summed E-state index contributed by atoms with van der Waals surface area (Å²) in [6.45, 7) is 5.82. The summed E-state index contributed by atoms with van der Waals surface area (Å²) < 4.78 is 28.4. The van der Waals surface area contributed by atoms with Crippen LogP contribution in [0.4, 0.5) is 0 Å².